The van der Waals surface area contributed by atoms with Crippen molar-refractivity contribution in [2.45, 2.75) is 30.2 Å². The van der Waals surface area contributed by atoms with Gasteiger partial charge in [0, 0.05) is 17.2 Å². The molecule has 0 amide bonds. The second-order valence-electron chi connectivity index (χ2n) is 4.31. The van der Waals surface area contributed by atoms with Gasteiger partial charge in [0.25, 0.3) is 0 Å². The topological polar surface area (TPSA) is 52.5 Å². The van der Waals surface area contributed by atoms with Crippen LogP contribution in [-0.2, 0) is 6.42 Å². The Morgan fingerprint density at radius 3 is 3.00 bits per heavy atom. The molecule has 1 unspecified atom stereocenters. The van der Waals surface area contributed by atoms with Gasteiger partial charge in [0.15, 0.2) is 0 Å². The largest absolute Gasteiger partial charge is 0.396 e. The molecule has 94 valence electrons. The van der Waals surface area contributed by atoms with E-state index in [1.165, 1.54) is 22.6 Å². The molecule has 0 bridgehead atoms. The predicted molar refractivity (Wildman–Crippen MR) is 71.7 cm³/mol. The molecule has 0 saturated carbocycles. The highest BCUT2D eigenvalue weighted by Gasteiger charge is 2.11. The van der Waals surface area contributed by atoms with E-state index in [4.69, 9.17) is 5.11 Å². The predicted octanol–water partition coefficient (Wildman–Crippen LogP) is 1.88. The van der Waals surface area contributed by atoms with Crippen LogP contribution in [0.25, 0.3) is 0 Å². The second-order valence-corrected chi connectivity index (χ2v) is 5.45. The Labute approximate surface area is 106 Å². The average molecular weight is 253 g/mol. The van der Waals surface area contributed by atoms with Crippen LogP contribution < -0.4 is 5.32 Å². The molecule has 0 radical (unpaired) electrons. The van der Waals surface area contributed by atoms with E-state index in [9.17, 15) is 5.11 Å². The number of aliphatic hydroxyl groups is 2. The lowest BCUT2D eigenvalue weighted by Gasteiger charge is -2.20. The fraction of sp³-hybridized carbons (Fsp3) is 0.538. The summed E-state index contributed by atoms with van der Waals surface area (Å²) in [5, 5.41) is 21.3. The summed E-state index contributed by atoms with van der Waals surface area (Å²) in [4.78, 5) is 1.38. The number of hydrogen-bond donors (Lipinski definition) is 3. The van der Waals surface area contributed by atoms with Crippen LogP contribution in [0.1, 0.15) is 18.4 Å². The maximum atomic E-state index is 9.18. The molecule has 0 fully saturated rings. The standard InChI is InChI=1S/C13H19NO2S/c15-6-5-12(9-16)14-11-3-4-13-10(8-11)2-1-7-17-13/h3-4,8,12,14-16H,1-2,5-7,9H2. The number of benzene rings is 1. The monoisotopic (exact) mass is 253 g/mol. The summed E-state index contributed by atoms with van der Waals surface area (Å²) in [7, 11) is 0. The number of anilines is 1. The molecule has 0 spiro atoms. The van der Waals surface area contributed by atoms with E-state index in [1.54, 1.807) is 0 Å². The van der Waals surface area contributed by atoms with Crippen molar-refractivity contribution in [3.8, 4) is 0 Å². The zero-order chi connectivity index (χ0) is 12.1. The number of thioether (sulfide) groups is 1. The average Bonchev–Trinajstić information content (AvgIpc) is 2.38. The third kappa shape index (κ3) is 3.37. The van der Waals surface area contributed by atoms with Gasteiger partial charge in [-0.3, -0.25) is 0 Å². The van der Waals surface area contributed by atoms with Crippen molar-refractivity contribution in [3.05, 3.63) is 23.8 Å². The first-order valence-electron chi connectivity index (χ1n) is 6.07. The molecule has 1 atom stereocenters. The van der Waals surface area contributed by atoms with Crippen LogP contribution in [-0.4, -0.2) is 35.2 Å². The van der Waals surface area contributed by atoms with E-state index in [1.807, 2.05) is 11.8 Å². The molecule has 1 aromatic carbocycles. The molecule has 0 saturated heterocycles. The van der Waals surface area contributed by atoms with Crippen molar-refractivity contribution in [3.63, 3.8) is 0 Å². The van der Waals surface area contributed by atoms with E-state index in [2.05, 4.69) is 23.5 Å². The van der Waals surface area contributed by atoms with Gasteiger partial charge in [-0.1, -0.05) is 0 Å². The Morgan fingerprint density at radius 1 is 1.35 bits per heavy atom. The molecular formula is C13H19NO2S. The van der Waals surface area contributed by atoms with Crippen molar-refractivity contribution in [2.75, 3.05) is 24.3 Å². The van der Waals surface area contributed by atoms with Gasteiger partial charge in [-0.25, -0.2) is 0 Å². The molecule has 0 aromatic heterocycles. The van der Waals surface area contributed by atoms with Crippen molar-refractivity contribution in [1.82, 2.24) is 0 Å². The molecule has 0 aliphatic carbocycles. The van der Waals surface area contributed by atoms with E-state index < -0.39 is 0 Å². The summed E-state index contributed by atoms with van der Waals surface area (Å²) in [6.45, 7) is 0.144. The lowest BCUT2D eigenvalue weighted by atomic mass is 10.1. The molecule has 1 aliphatic rings. The summed E-state index contributed by atoms with van der Waals surface area (Å²) in [6, 6.07) is 6.31. The highest BCUT2D eigenvalue weighted by molar-refractivity contribution is 7.99. The number of aliphatic hydroxyl groups excluding tert-OH is 2. The Kier molecular flexibility index (Phi) is 4.71. The molecule has 2 rings (SSSR count). The summed E-state index contributed by atoms with van der Waals surface area (Å²) in [5.74, 6) is 1.21. The van der Waals surface area contributed by atoms with Crippen LogP contribution in [0.5, 0.6) is 0 Å². The van der Waals surface area contributed by atoms with Crippen molar-refractivity contribution < 1.29 is 10.2 Å². The smallest absolute Gasteiger partial charge is 0.0633 e. The minimum Gasteiger partial charge on any atom is -0.396 e. The van der Waals surface area contributed by atoms with E-state index in [-0.39, 0.29) is 19.3 Å². The zero-order valence-corrected chi connectivity index (χ0v) is 10.7. The molecule has 1 heterocycles. The Hall–Kier alpha value is -0.710. The van der Waals surface area contributed by atoms with E-state index >= 15 is 0 Å². The molecule has 1 aromatic rings. The molecule has 3 nitrogen and oxygen atoms in total. The molecule has 1 aliphatic heterocycles. The Bertz CT molecular complexity index is 370. The first-order valence-corrected chi connectivity index (χ1v) is 7.06. The minimum atomic E-state index is -0.0608. The number of aryl methyl sites for hydroxylation is 1. The number of rotatable bonds is 5. The van der Waals surface area contributed by atoms with Crippen LogP contribution in [0.15, 0.2) is 23.1 Å². The van der Waals surface area contributed by atoms with Crippen LogP contribution in [0.2, 0.25) is 0 Å². The fourth-order valence-corrected chi connectivity index (χ4v) is 3.07. The Morgan fingerprint density at radius 2 is 2.24 bits per heavy atom. The van der Waals surface area contributed by atoms with Crippen LogP contribution >= 0.6 is 11.8 Å². The van der Waals surface area contributed by atoms with Crippen molar-refractivity contribution in [1.29, 1.82) is 0 Å². The summed E-state index contributed by atoms with van der Waals surface area (Å²) < 4.78 is 0. The lowest BCUT2D eigenvalue weighted by Crippen LogP contribution is -2.25. The summed E-state index contributed by atoms with van der Waals surface area (Å²) in [6.07, 6.45) is 2.95. The highest BCUT2D eigenvalue weighted by atomic mass is 32.2. The lowest BCUT2D eigenvalue weighted by molar-refractivity contribution is 0.229. The van der Waals surface area contributed by atoms with Crippen LogP contribution in [0.4, 0.5) is 5.69 Å². The van der Waals surface area contributed by atoms with Crippen LogP contribution in [0, 0.1) is 0 Å². The molecule has 17 heavy (non-hydrogen) atoms. The zero-order valence-electron chi connectivity index (χ0n) is 9.85. The normalized spacial score (nSPS) is 16.4. The Balaban J connectivity index is 2.05. The molecule has 3 N–H and O–H groups in total. The van der Waals surface area contributed by atoms with Gasteiger partial charge in [0.05, 0.1) is 12.6 Å². The third-order valence-electron chi connectivity index (χ3n) is 2.98. The second kappa shape index (κ2) is 6.28. The van der Waals surface area contributed by atoms with Gasteiger partial charge in [-0.2, -0.15) is 0 Å². The molecular weight excluding hydrogens is 234 g/mol. The fourth-order valence-electron chi connectivity index (χ4n) is 2.05. The van der Waals surface area contributed by atoms with Gasteiger partial charge in [0.1, 0.15) is 0 Å². The third-order valence-corrected chi connectivity index (χ3v) is 4.18. The minimum absolute atomic E-state index is 0.0480. The van der Waals surface area contributed by atoms with Gasteiger partial charge >= 0.3 is 0 Å². The highest BCUT2D eigenvalue weighted by Crippen LogP contribution is 2.31. The maximum absolute atomic E-state index is 9.18. The quantitative estimate of drug-likeness (QED) is 0.750. The van der Waals surface area contributed by atoms with Crippen molar-refractivity contribution in [2.24, 2.45) is 0 Å². The van der Waals surface area contributed by atoms with E-state index in [0.717, 1.165) is 12.1 Å². The van der Waals surface area contributed by atoms with Gasteiger partial charge < -0.3 is 15.5 Å². The number of nitrogens with one attached hydrogen (secondary N) is 1. The molecule has 4 heteroatoms. The van der Waals surface area contributed by atoms with Gasteiger partial charge in [0.2, 0.25) is 0 Å². The van der Waals surface area contributed by atoms with Gasteiger partial charge in [-0.05, 0) is 48.8 Å². The first-order chi connectivity index (χ1) is 8.33. The maximum Gasteiger partial charge on any atom is 0.0633 e. The number of fused-ring (bicyclic) bond motifs is 1. The summed E-state index contributed by atoms with van der Waals surface area (Å²) >= 11 is 1.92. The van der Waals surface area contributed by atoms with E-state index in [0.29, 0.717) is 6.42 Å². The SMILES string of the molecule is OCCC(CO)Nc1ccc2c(c1)CCCS2. The van der Waals surface area contributed by atoms with Gasteiger partial charge in [-0.15, -0.1) is 11.8 Å². The van der Waals surface area contributed by atoms with Crippen LogP contribution in [0.3, 0.4) is 0 Å². The summed E-state index contributed by atoms with van der Waals surface area (Å²) in [5.41, 5.74) is 2.44. The first kappa shape index (κ1) is 12.7. The number of hydrogen-bond acceptors (Lipinski definition) is 4. The van der Waals surface area contributed by atoms with Crippen molar-refractivity contribution >= 4 is 17.4 Å².